The summed E-state index contributed by atoms with van der Waals surface area (Å²) in [5.74, 6) is -0.429. The first-order chi connectivity index (χ1) is 9.02. The van der Waals surface area contributed by atoms with Gasteiger partial charge in [0.1, 0.15) is 5.41 Å². The number of rotatable bonds is 5. The van der Waals surface area contributed by atoms with Crippen molar-refractivity contribution in [2.45, 2.75) is 32.2 Å². The lowest BCUT2D eigenvalue weighted by Crippen LogP contribution is -2.49. The van der Waals surface area contributed by atoms with Crippen LogP contribution in [0.3, 0.4) is 0 Å². The quantitative estimate of drug-likeness (QED) is 0.653. The highest BCUT2D eigenvalue weighted by Gasteiger charge is 2.47. The van der Waals surface area contributed by atoms with Crippen LogP contribution in [0.15, 0.2) is 0 Å². The maximum Gasteiger partial charge on any atom is 0.313 e. The van der Waals surface area contributed by atoms with E-state index >= 15 is 0 Å². The van der Waals surface area contributed by atoms with Gasteiger partial charge in [-0.25, -0.2) is 0 Å². The van der Waals surface area contributed by atoms with E-state index in [2.05, 4.69) is 10.6 Å². The van der Waals surface area contributed by atoms with E-state index in [1.165, 1.54) is 0 Å². The van der Waals surface area contributed by atoms with E-state index in [4.69, 9.17) is 4.74 Å². The zero-order valence-corrected chi connectivity index (χ0v) is 11.3. The van der Waals surface area contributed by atoms with Gasteiger partial charge in [0, 0.05) is 6.42 Å². The smallest absolute Gasteiger partial charge is 0.313 e. The van der Waals surface area contributed by atoms with Crippen molar-refractivity contribution in [2.75, 3.05) is 26.3 Å². The van der Waals surface area contributed by atoms with Crippen LogP contribution in [0.4, 0.5) is 0 Å². The molecule has 0 radical (unpaired) electrons. The number of aliphatic carboxylic acids is 1. The van der Waals surface area contributed by atoms with E-state index in [0.29, 0.717) is 12.3 Å². The Bertz CT molecular complexity index is 355. The fourth-order valence-corrected chi connectivity index (χ4v) is 2.65. The van der Waals surface area contributed by atoms with Crippen LogP contribution in [0, 0.1) is 11.3 Å². The second kappa shape index (κ2) is 5.88. The van der Waals surface area contributed by atoms with Crippen LogP contribution < -0.4 is 10.6 Å². The zero-order chi connectivity index (χ0) is 13.9. The molecule has 2 aliphatic rings. The molecule has 0 bridgehead atoms. The van der Waals surface area contributed by atoms with Crippen molar-refractivity contribution in [3.8, 4) is 0 Å². The summed E-state index contributed by atoms with van der Waals surface area (Å²) >= 11 is 0. The summed E-state index contributed by atoms with van der Waals surface area (Å²) in [5, 5.41) is 15.3. The summed E-state index contributed by atoms with van der Waals surface area (Å²) in [6.45, 7) is 4.06. The summed E-state index contributed by atoms with van der Waals surface area (Å²) in [7, 11) is 0. The SMILES string of the molecule is CC1(C(=O)O)COCC1NC(=O)CCC1CCNC1. The van der Waals surface area contributed by atoms with Crippen molar-refractivity contribution in [3.05, 3.63) is 0 Å². The lowest BCUT2D eigenvalue weighted by molar-refractivity contribution is -0.149. The van der Waals surface area contributed by atoms with Crippen LogP contribution in [0.1, 0.15) is 26.2 Å². The standard InChI is InChI=1S/C13H22N2O4/c1-13(12(17)18)8-19-7-10(13)15-11(16)3-2-9-4-5-14-6-9/h9-10,14H,2-8H2,1H3,(H,15,16)(H,17,18). The summed E-state index contributed by atoms with van der Waals surface area (Å²) < 4.78 is 5.21. The van der Waals surface area contributed by atoms with Crippen LogP contribution in [-0.2, 0) is 14.3 Å². The predicted molar refractivity (Wildman–Crippen MR) is 68.7 cm³/mol. The van der Waals surface area contributed by atoms with E-state index in [-0.39, 0.29) is 19.1 Å². The Hall–Kier alpha value is -1.14. The van der Waals surface area contributed by atoms with Gasteiger partial charge in [-0.3, -0.25) is 9.59 Å². The fourth-order valence-electron chi connectivity index (χ4n) is 2.65. The molecule has 2 heterocycles. The van der Waals surface area contributed by atoms with Crippen molar-refractivity contribution in [1.82, 2.24) is 10.6 Å². The second-order valence-corrected chi connectivity index (χ2v) is 5.76. The van der Waals surface area contributed by atoms with Crippen LogP contribution in [0.5, 0.6) is 0 Å². The Morgan fingerprint density at radius 3 is 2.95 bits per heavy atom. The molecule has 0 spiro atoms. The Morgan fingerprint density at radius 2 is 2.32 bits per heavy atom. The molecule has 108 valence electrons. The molecule has 0 aliphatic carbocycles. The van der Waals surface area contributed by atoms with Gasteiger partial charge in [-0.05, 0) is 38.8 Å². The summed E-state index contributed by atoms with van der Waals surface area (Å²) in [6.07, 6.45) is 2.43. The average Bonchev–Trinajstić information content (AvgIpc) is 2.98. The van der Waals surface area contributed by atoms with Gasteiger partial charge in [-0.1, -0.05) is 0 Å². The Morgan fingerprint density at radius 1 is 1.53 bits per heavy atom. The largest absolute Gasteiger partial charge is 0.481 e. The minimum absolute atomic E-state index is 0.0742. The summed E-state index contributed by atoms with van der Waals surface area (Å²) in [4.78, 5) is 23.1. The molecule has 3 unspecified atom stereocenters. The normalized spacial score (nSPS) is 34.4. The molecule has 6 heteroatoms. The highest BCUT2D eigenvalue weighted by Crippen LogP contribution is 2.28. The van der Waals surface area contributed by atoms with Gasteiger partial charge in [0.15, 0.2) is 0 Å². The first kappa shape index (κ1) is 14.3. The molecule has 0 saturated carbocycles. The van der Waals surface area contributed by atoms with Crippen molar-refractivity contribution < 1.29 is 19.4 Å². The highest BCUT2D eigenvalue weighted by atomic mass is 16.5. The molecule has 2 saturated heterocycles. The molecule has 2 fully saturated rings. The third-order valence-electron chi connectivity index (χ3n) is 4.22. The molecule has 0 aromatic carbocycles. The molecule has 2 rings (SSSR count). The molecule has 3 atom stereocenters. The maximum absolute atomic E-state index is 11.9. The second-order valence-electron chi connectivity index (χ2n) is 5.76. The number of carboxylic acids is 1. The Kier molecular flexibility index (Phi) is 4.42. The Labute approximate surface area is 112 Å². The molecule has 0 aromatic heterocycles. The number of ether oxygens (including phenoxy) is 1. The highest BCUT2D eigenvalue weighted by molar-refractivity contribution is 5.80. The van der Waals surface area contributed by atoms with Gasteiger partial charge >= 0.3 is 5.97 Å². The average molecular weight is 270 g/mol. The van der Waals surface area contributed by atoms with Gasteiger partial charge in [0.2, 0.25) is 5.91 Å². The molecule has 0 aromatic rings. The summed E-state index contributed by atoms with van der Waals surface area (Å²) in [5.41, 5.74) is -1.01. The predicted octanol–water partition coefficient (Wildman–Crippen LogP) is -0.0180. The molecule has 19 heavy (non-hydrogen) atoms. The van der Waals surface area contributed by atoms with Crippen LogP contribution in [0.25, 0.3) is 0 Å². The number of carbonyl (C=O) groups is 2. The van der Waals surface area contributed by atoms with Gasteiger partial charge in [0.05, 0.1) is 19.3 Å². The van der Waals surface area contributed by atoms with Crippen LogP contribution in [0.2, 0.25) is 0 Å². The summed E-state index contributed by atoms with van der Waals surface area (Å²) in [6, 6.07) is -0.431. The van der Waals surface area contributed by atoms with Crippen molar-refractivity contribution in [3.63, 3.8) is 0 Å². The maximum atomic E-state index is 11.9. The van der Waals surface area contributed by atoms with Gasteiger partial charge in [-0.15, -0.1) is 0 Å². The number of hydrogen-bond acceptors (Lipinski definition) is 4. The van der Waals surface area contributed by atoms with Crippen molar-refractivity contribution in [2.24, 2.45) is 11.3 Å². The van der Waals surface area contributed by atoms with Crippen molar-refractivity contribution >= 4 is 11.9 Å². The van der Waals surface area contributed by atoms with Gasteiger partial charge in [-0.2, -0.15) is 0 Å². The number of amides is 1. The van der Waals surface area contributed by atoms with E-state index in [1.807, 2.05) is 0 Å². The number of hydrogen-bond donors (Lipinski definition) is 3. The third kappa shape index (κ3) is 3.25. The third-order valence-corrected chi connectivity index (χ3v) is 4.22. The molecule has 3 N–H and O–H groups in total. The van der Waals surface area contributed by atoms with Crippen LogP contribution in [-0.4, -0.2) is 49.3 Å². The van der Waals surface area contributed by atoms with E-state index in [1.54, 1.807) is 6.92 Å². The van der Waals surface area contributed by atoms with Gasteiger partial charge < -0.3 is 20.5 Å². The van der Waals surface area contributed by atoms with Crippen LogP contribution >= 0.6 is 0 Å². The number of nitrogens with one attached hydrogen (secondary N) is 2. The topological polar surface area (TPSA) is 87.7 Å². The first-order valence-electron chi connectivity index (χ1n) is 6.83. The van der Waals surface area contributed by atoms with Gasteiger partial charge in [0.25, 0.3) is 0 Å². The minimum atomic E-state index is -1.01. The molecule has 6 nitrogen and oxygen atoms in total. The molecular weight excluding hydrogens is 248 g/mol. The van der Waals surface area contributed by atoms with E-state index < -0.39 is 17.4 Å². The lowest BCUT2D eigenvalue weighted by Gasteiger charge is -2.25. The zero-order valence-electron chi connectivity index (χ0n) is 11.3. The van der Waals surface area contributed by atoms with E-state index in [0.717, 1.165) is 25.9 Å². The number of carboxylic acid groups (broad SMARTS) is 1. The van der Waals surface area contributed by atoms with Crippen molar-refractivity contribution in [1.29, 1.82) is 0 Å². The lowest BCUT2D eigenvalue weighted by atomic mass is 9.85. The first-order valence-corrected chi connectivity index (χ1v) is 6.83. The molecular formula is C13H22N2O4. The molecule has 2 aliphatic heterocycles. The minimum Gasteiger partial charge on any atom is -0.481 e. The number of carbonyl (C=O) groups excluding carboxylic acids is 1. The Balaban J connectivity index is 1.79. The molecule has 1 amide bonds. The monoisotopic (exact) mass is 270 g/mol. The fraction of sp³-hybridized carbons (Fsp3) is 0.846. The van der Waals surface area contributed by atoms with E-state index in [9.17, 15) is 14.7 Å².